The molecule has 0 aliphatic carbocycles. The van der Waals surface area contributed by atoms with Crippen LogP contribution in [0.5, 0.6) is 0 Å². The number of fused-ring (bicyclic) bond motifs is 1. The molecule has 1 N–H and O–H groups in total. The Balaban J connectivity index is 2.29. The molecule has 3 aromatic heterocycles. The number of rotatable bonds is 1. The molecule has 0 spiro atoms. The monoisotopic (exact) mass is 263 g/mol. The van der Waals surface area contributed by atoms with Gasteiger partial charge in [0.15, 0.2) is 0 Å². The van der Waals surface area contributed by atoms with E-state index in [0.29, 0.717) is 0 Å². The van der Waals surface area contributed by atoms with Crippen LogP contribution >= 0.6 is 15.9 Å². The summed E-state index contributed by atoms with van der Waals surface area (Å²) in [4.78, 5) is 8.36. The molecule has 0 aromatic carbocycles. The smallest absolute Gasteiger partial charge is 0.139 e. The van der Waals surface area contributed by atoms with Crippen LogP contribution in [0.4, 0.5) is 0 Å². The van der Waals surface area contributed by atoms with Crippen LogP contribution in [0.15, 0.2) is 35.6 Å². The normalized spacial score (nSPS) is 11.0. The van der Waals surface area contributed by atoms with Crippen molar-refractivity contribution in [3.8, 4) is 5.82 Å². The Hall–Kier alpha value is -1.69. The predicted molar refractivity (Wildman–Crippen MR) is 58.7 cm³/mol. The van der Waals surface area contributed by atoms with Crippen molar-refractivity contribution in [1.82, 2.24) is 24.7 Å². The van der Waals surface area contributed by atoms with Gasteiger partial charge in [-0.3, -0.25) is 9.67 Å². The van der Waals surface area contributed by atoms with Crippen molar-refractivity contribution in [3.63, 3.8) is 0 Å². The third kappa shape index (κ3) is 1.33. The topological polar surface area (TPSA) is 59.4 Å². The quantitative estimate of drug-likeness (QED) is 0.683. The molecule has 0 aliphatic heterocycles. The molecule has 0 bridgehead atoms. The van der Waals surface area contributed by atoms with Crippen LogP contribution in [0, 0.1) is 0 Å². The number of pyridine rings is 1. The summed E-state index contributed by atoms with van der Waals surface area (Å²) in [5.41, 5.74) is 0.902. The second-order valence-electron chi connectivity index (χ2n) is 3.08. The number of H-pyrrole nitrogens is 1. The Morgan fingerprint density at radius 2 is 2.33 bits per heavy atom. The number of aromatic nitrogens is 5. The van der Waals surface area contributed by atoms with Gasteiger partial charge in [0, 0.05) is 17.8 Å². The summed E-state index contributed by atoms with van der Waals surface area (Å²) in [5, 5.41) is 7.86. The van der Waals surface area contributed by atoms with Crippen molar-refractivity contribution in [2.45, 2.75) is 0 Å². The molecule has 6 heteroatoms. The van der Waals surface area contributed by atoms with Crippen LogP contribution in [-0.2, 0) is 0 Å². The highest BCUT2D eigenvalue weighted by Gasteiger charge is 2.06. The highest BCUT2D eigenvalue weighted by Crippen LogP contribution is 2.21. The lowest BCUT2D eigenvalue weighted by atomic mass is 10.3. The zero-order valence-electron chi connectivity index (χ0n) is 7.55. The summed E-state index contributed by atoms with van der Waals surface area (Å²) in [6.07, 6.45) is 7.04. The second kappa shape index (κ2) is 3.16. The maximum atomic E-state index is 4.38. The van der Waals surface area contributed by atoms with Crippen LogP contribution in [-0.4, -0.2) is 24.7 Å². The van der Waals surface area contributed by atoms with Gasteiger partial charge in [-0.2, -0.15) is 5.10 Å². The molecule has 0 fully saturated rings. The van der Waals surface area contributed by atoms with Crippen LogP contribution < -0.4 is 0 Å². The van der Waals surface area contributed by atoms with Gasteiger partial charge in [0.25, 0.3) is 0 Å². The van der Waals surface area contributed by atoms with E-state index in [-0.39, 0.29) is 0 Å². The molecule has 74 valence electrons. The number of nitrogens with zero attached hydrogens (tertiary/aromatic N) is 4. The van der Waals surface area contributed by atoms with E-state index >= 15 is 0 Å². The van der Waals surface area contributed by atoms with Crippen molar-refractivity contribution in [1.29, 1.82) is 0 Å². The van der Waals surface area contributed by atoms with Crippen molar-refractivity contribution in [2.75, 3.05) is 0 Å². The molecule has 0 saturated heterocycles. The van der Waals surface area contributed by atoms with E-state index in [1.165, 1.54) is 0 Å². The fraction of sp³-hybridized carbons (Fsp3) is 0. The minimum absolute atomic E-state index is 0.751. The maximum absolute atomic E-state index is 4.38. The summed E-state index contributed by atoms with van der Waals surface area (Å²) in [6, 6.07) is 1.95. The van der Waals surface area contributed by atoms with Crippen molar-refractivity contribution in [2.24, 2.45) is 0 Å². The highest BCUT2D eigenvalue weighted by atomic mass is 79.9. The molecular weight excluding hydrogens is 258 g/mol. The molecule has 0 saturated carbocycles. The van der Waals surface area contributed by atoms with Gasteiger partial charge in [0.05, 0.1) is 11.7 Å². The van der Waals surface area contributed by atoms with E-state index in [1.54, 1.807) is 18.7 Å². The minimum Gasteiger partial charge on any atom is -0.290 e. The van der Waals surface area contributed by atoms with Gasteiger partial charge < -0.3 is 0 Å². The number of aromatic amines is 1. The molecule has 0 radical (unpaired) electrons. The van der Waals surface area contributed by atoms with Gasteiger partial charge in [0.2, 0.25) is 0 Å². The fourth-order valence-electron chi connectivity index (χ4n) is 1.42. The van der Waals surface area contributed by atoms with Gasteiger partial charge in [-0.25, -0.2) is 9.97 Å². The number of nitrogens with one attached hydrogen (secondary N) is 1. The minimum atomic E-state index is 0.751. The Kier molecular flexibility index (Phi) is 1.81. The molecule has 3 aromatic rings. The molecule has 0 unspecified atom stereocenters. The molecule has 0 aliphatic rings. The van der Waals surface area contributed by atoms with E-state index in [1.807, 2.05) is 16.8 Å². The molecular formula is C9H6BrN5. The first-order chi connectivity index (χ1) is 7.34. The third-order valence-corrected chi connectivity index (χ3v) is 2.72. The Bertz CT molecular complexity index is 598. The third-order valence-electron chi connectivity index (χ3n) is 2.14. The molecule has 3 heterocycles. The summed E-state index contributed by atoms with van der Waals surface area (Å²) in [6.45, 7) is 0. The van der Waals surface area contributed by atoms with E-state index in [2.05, 4.69) is 36.1 Å². The second-order valence-corrected chi connectivity index (χ2v) is 3.83. The summed E-state index contributed by atoms with van der Waals surface area (Å²) >= 11 is 3.40. The van der Waals surface area contributed by atoms with Gasteiger partial charge in [-0.15, -0.1) is 0 Å². The van der Waals surface area contributed by atoms with Crippen LogP contribution in [0.2, 0.25) is 0 Å². The molecule has 3 rings (SSSR count). The van der Waals surface area contributed by atoms with Crippen LogP contribution in [0.1, 0.15) is 0 Å². The summed E-state index contributed by atoms with van der Waals surface area (Å²) in [7, 11) is 0. The average Bonchev–Trinajstić information content (AvgIpc) is 2.88. The maximum Gasteiger partial charge on any atom is 0.139 e. The van der Waals surface area contributed by atoms with Crippen molar-refractivity contribution >= 4 is 26.8 Å². The molecule has 15 heavy (non-hydrogen) atoms. The first-order valence-electron chi connectivity index (χ1n) is 4.32. The van der Waals surface area contributed by atoms with Crippen LogP contribution in [0.3, 0.4) is 0 Å². The van der Waals surface area contributed by atoms with Gasteiger partial charge in [0.1, 0.15) is 16.7 Å². The molecule has 5 nitrogen and oxygen atoms in total. The SMILES string of the molecule is Brc1nc(-n2ccnc2)cc2cn[nH]c12. The largest absolute Gasteiger partial charge is 0.290 e. The zero-order valence-corrected chi connectivity index (χ0v) is 9.14. The lowest BCUT2D eigenvalue weighted by Gasteiger charge is -2.01. The standard InChI is InChI=1S/C9H6BrN5/c10-9-8-6(4-12-14-8)3-7(13-9)15-2-1-11-5-15/h1-5H,(H,12,14). The lowest BCUT2D eigenvalue weighted by molar-refractivity contribution is 0.989. The van der Waals surface area contributed by atoms with E-state index in [4.69, 9.17) is 0 Å². The predicted octanol–water partition coefficient (Wildman–Crippen LogP) is 1.91. The van der Waals surface area contributed by atoms with Gasteiger partial charge in [-0.1, -0.05) is 0 Å². The number of hydrogen-bond acceptors (Lipinski definition) is 3. The Morgan fingerprint density at radius 3 is 3.13 bits per heavy atom. The molecule has 0 amide bonds. The fourth-order valence-corrected chi connectivity index (χ4v) is 1.92. The Morgan fingerprint density at radius 1 is 1.40 bits per heavy atom. The number of imidazole rings is 1. The number of hydrogen-bond donors (Lipinski definition) is 1. The average molecular weight is 264 g/mol. The number of halogens is 1. The summed E-state index contributed by atoms with van der Waals surface area (Å²) in [5.74, 6) is 0.813. The Labute approximate surface area is 93.3 Å². The van der Waals surface area contributed by atoms with E-state index < -0.39 is 0 Å². The van der Waals surface area contributed by atoms with E-state index in [9.17, 15) is 0 Å². The first-order valence-corrected chi connectivity index (χ1v) is 5.12. The zero-order chi connectivity index (χ0) is 10.3. The van der Waals surface area contributed by atoms with Crippen molar-refractivity contribution < 1.29 is 0 Å². The lowest BCUT2D eigenvalue weighted by Crippen LogP contribution is -1.94. The van der Waals surface area contributed by atoms with Gasteiger partial charge in [-0.05, 0) is 22.0 Å². The summed E-state index contributed by atoms with van der Waals surface area (Å²) < 4.78 is 2.60. The highest BCUT2D eigenvalue weighted by molar-refractivity contribution is 9.10. The van der Waals surface area contributed by atoms with E-state index in [0.717, 1.165) is 21.3 Å². The van der Waals surface area contributed by atoms with Crippen LogP contribution in [0.25, 0.3) is 16.7 Å². The van der Waals surface area contributed by atoms with Crippen molar-refractivity contribution in [3.05, 3.63) is 35.6 Å². The molecule has 0 atom stereocenters. The van der Waals surface area contributed by atoms with Gasteiger partial charge >= 0.3 is 0 Å². The first kappa shape index (κ1) is 8.60.